The topological polar surface area (TPSA) is 58.2 Å². The van der Waals surface area contributed by atoms with E-state index in [1.807, 2.05) is 0 Å². The predicted molar refractivity (Wildman–Crippen MR) is 85.9 cm³/mol. The van der Waals surface area contributed by atoms with Crippen molar-refractivity contribution in [2.24, 2.45) is 0 Å². The van der Waals surface area contributed by atoms with Crippen LogP contribution in [0.5, 0.6) is 0 Å². The van der Waals surface area contributed by atoms with Gasteiger partial charge in [-0.1, -0.05) is 39.7 Å². The van der Waals surface area contributed by atoms with E-state index in [-0.39, 0.29) is 4.90 Å². The lowest BCUT2D eigenvalue weighted by atomic mass is 10.3. The first kappa shape index (κ1) is 15.2. The molecule has 2 N–H and O–H groups in total. The van der Waals surface area contributed by atoms with E-state index in [4.69, 9.17) is 11.6 Å². The third kappa shape index (κ3) is 3.26. The zero-order valence-electron chi connectivity index (χ0n) is 10.5. The highest BCUT2D eigenvalue weighted by Gasteiger charge is 2.18. The third-order valence-electron chi connectivity index (χ3n) is 2.62. The van der Waals surface area contributed by atoms with Crippen molar-refractivity contribution in [1.29, 1.82) is 0 Å². The highest BCUT2D eigenvalue weighted by molar-refractivity contribution is 9.10. The molecule has 0 atom stereocenters. The summed E-state index contributed by atoms with van der Waals surface area (Å²) >= 11 is 9.30. The lowest BCUT2D eigenvalue weighted by Crippen LogP contribution is -2.15. The Balaban J connectivity index is 2.41. The van der Waals surface area contributed by atoms with E-state index in [9.17, 15) is 8.42 Å². The molecule has 2 aromatic rings. The standard InChI is InChI=1S/C13H12BrClN2O2S/c1-16-12-4-2-3-5-13(12)20(18,19)17-11-7-6-9(14)8-10(11)15/h2-8,16-17H,1H3. The average Bonchev–Trinajstić information content (AvgIpc) is 2.42. The molecule has 0 aliphatic heterocycles. The highest BCUT2D eigenvalue weighted by Crippen LogP contribution is 2.29. The summed E-state index contributed by atoms with van der Waals surface area (Å²) in [5.74, 6) is 0. The van der Waals surface area contributed by atoms with Gasteiger partial charge < -0.3 is 5.32 Å². The molecule has 20 heavy (non-hydrogen) atoms. The van der Waals surface area contributed by atoms with Gasteiger partial charge in [-0.2, -0.15) is 0 Å². The fourth-order valence-electron chi connectivity index (χ4n) is 1.68. The molecule has 0 spiro atoms. The summed E-state index contributed by atoms with van der Waals surface area (Å²) in [6, 6.07) is 11.6. The maximum Gasteiger partial charge on any atom is 0.263 e. The Morgan fingerprint density at radius 2 is 1.80 bits per heavy atom. The normalized spacial score (nSPS) is 11.2. The Bertz CT molecular complexity index is 735. The van der Waals surface area contributed by atoms with Crippen molar-refractivity contribution < 1.29 is 8.42 Å². The summed E-state index contributed by atoms with van der Waals surface area (Å²) < 4.78 is 28.1. The quantitative estimate of drug-likeness (QED) is 0.851. The number of hydrogen-bond donors (Lipinski definition) is 2. The summed E-state index contributed by atoms with van der Waals surface area (Å²) in [6.07, 6.45) is 0. The molecule has 7 heteroatoms. The van der Waals surface area contributed by atoms with Crippen molar-refractivity contribution in [2.45, 2.75) is 4.90 Å². The zero-order valence-corrected chi connectivity index (χ0v) is 13.7. The molecule has 2 rings (SSSR count). The van der Waals surface area contributed by atoms with Crippen LogP contribution < -0.4 is 10.0 Å². The van der Waals surface area contributed by atoms with Crippen LogP contribution in [-0.2, 0) is 10.0 Å². The van der Waals surface area contributed by atoms with Crippen molar-refractivity contribution in [3.05, 3.63) is 52.0 Å². The fourth-order valence-corrected chi connectivity index (χ4v) is 3.75. The summed E-state index contributed by atoms with van der Waals surface area (Å²) in [5, 5.41) is 3.18. The Kier molecular flexibility index (Phi) is 4.57. The molecule has 106 valence electrons. The van der Waals surface area contributed by atoms with Crippen molar-refractivity contribution in [3.63, 3.8) is 0 Å². The molecule has 0 saturated carbocycles. The maximum absolute atomic E-state index is 12.4. The number of sulfonamides is 1. The van der Waals surface area contributed by atoms with Crippen LogP contribution in [0.15, 0.2) is 51.8 Å². The van der Waals surface area contributed by atoms with Gasteiger partial charge in [-0.05, 0) is 30.3 Å². The number of halogens is 2. The minimum absolute atomic E-state index is 0.168. The van der Waals surface area contributed by atoms with Gasteiger partial charge in [-0.3, -0.25) is 4.72 Å². The van der Waals surface area contributed by atoms with Crippen molar-refractivity contribution in [1.82, 2.24) is 0 Å². The Morgan fingerprint density at radius 1 is 1.10 bits per heavy atom. The summed E-state index contributed by atoms with van der Waals surface area (Å²) in [6.45, 7) is 0. The molecule has 0 heterocycles. The smallest absolute Gasteiger partial charge is 0.263 e. The first-order chi connectivity index (χ1) is 9.44. The number of para-hydroxylation sites is 1. The number of hydrogen-bond acceptors (Lipinski definition) is 3. The van der Waals surface area contributed by atoms with Crippen LogP contribution in [0, 0.1) is 0 Å². The first-order valence-corrected chi connectivity index (χ1v) is 8.34. The minimum atomic E-state index is -3.70. The van der Waals surface area contributed by atoms with Gasteiger partial charge in [0.15, 0.2) is 0 Å². The Morgan fingerprint density at radius 3 is 2.45 bits per heavy atom. The lowest BCUT2D eigenvalue weighted by molar-refractivity contribution is 0.601. The molecule has 2 aromatic carbocycles. The van der Waals surface area contributed by atoms with Crippen LogP contribution in [0.3, 0.4) is 0 Å². The molecule has 0 aromatic heterocycles. The molecule has 0 fully saturated rings. The van der Waals surface area contributed by atoms with Gasteiger partial charge in [0, 0.05) is 11.5 Å². The Hall–Kier alpha value is -1.24. The molecule has 0 radical (unpaired) electrons. The molecule has 4 nitrogen and oxygen atoms in total. The molecule has 0 unspecified atom stereocenters. The van der Waals surface area contributed by atoms with Crippen LogP contribution in [0.2, 0.25) is 5.02 Å². The monoisotopic (exact) mass is 374 g/mol. The molecule has 0 saturated heterocycles. The summed E-state index contributed by atoms with van der Waals surface area (Å²) in [7, 11) is -2.04. The van der Waals surface area contributed by atoms with Gasteiger partial charge in [0.2, 0.25) is 0 Å². The maximum atomic E-state index is 12.4. The highest BCUT2D eigenvalue weighted by atomic mass is 79.9. The Labute approximate surface area is 131 Å². The van der Waals surface area contributed by atoms with Crippen LogP contribution in [-0.4, -0.2) is 15.5 Å². The first-order valence-electron chi connectivity index (χ1n) is 5.68. The second-order valence-electron chi connectivity index (χ2n) is 3.98. The van der Waals surface area contributed by atoms with Gasteiger partial charge in [-0.25, -0.2) is 8.42 Å². The molecule has 0 amide bonds. The lowest BCUT2D eigenvalue weighted by Gasteiger charge is -2.13. The van der Waals surface area contributed by atoms with Gasteiger partial charge >= 0.3 is 0 Å². The van der Waals surface area contributed by atoms with E-state index in [2.05, 4.69) is 26.0 Å². The van der Waals surface area contributed by atoms with Crippen molar-refractivity contribution >= 4 is 48.9 Å². The van der Waals surface area contributed by atoms with E-state index in [0.717, 1.165) is 4.47 Å². The van der Waals surface area contributed by atoms with Crippen LogP contribution in [0.25, 0.3) is 0 Å². The van der Waals surface area contributed by atoms with E-state index in [0.29, 0.717) is 16.4 Å². The minimum Gasteiger partial charge on any atom is -0.387 e. The molecule has 0 bridgehead atoms. The predicted octanol–water partition coefficient (Wildman–Crippen LogP) is 3.95. The van der Waals surface area contributed by atoms with Crippen LogP contribution >= 0.6 is 27.5 Å². The SMILES string of the molecule is CNc1ccccc1S(=O)(=O)Nc1ccc(Br)cc1Cl. The van der Waals surface area contributed by atoms with Crippen LogP contribution in [0.4, 0.5) is 11.4 Å². The summed E-state index contributed by atoms with van der Waals surface area (Å²) in [4.78, 5) is 0.168. The van der Waals surface area contributed by atoms with Gasteiger partial charge in [0.25, 0.3) is 10.0 Å². The molecule has 0 aliphatic rings. The molecular weight excluding hydrogens is 364 g/mol. The second-order valence-corrected chi connectivity index (χ2v) is 6.95. The summed E-state index contributed by atoms with van der Waals surface area (Å²) in [5.41, 5.74) is 0.856. The van der Waals surface area contributed by atoms with E-state index >= 15 is 0 Å². The fraction of sp³-hybridized carbons (Fsp3) is 0.0769. The average molecular weight is 376 g/mol. The number of anilines is 2. The third-order valence-corrected chi connectivity index (χ3v) is 4.85. The van der Waals surface area contributed by atoms with E-state index < -0.39 is 10.0 Å². The number of benzene rings is 2. The second kappa shape index (κ2) is 6.03. The van der Waals surface area contributed by atoms with Crippen molar-refractivity contribution in [2.75, 3.05) is 17.1 Å². The number of nitrogens with one attached hydrogen (secondary N) is 2. The molecule has 0 aliphatic carbocycles. The van der Waals surface area contributed by atoms with E-state index in [1.165, 1.54) is 6.07 Å². The zero-order chi connectivity index (χ0) is 14.8. The largest absolute Gasteiger partial charge is 0.387 e. The van der Waals surface area contributed by atoms with Gasteiger partial charge in [-0.15, -0.1) is 0 Å². The van der Waals surface area contributed by atoms with Crippen molar-refractivity contribution in [3.8, 4) is 0 Å². The van der Waals surface area contributed by atoms with E-state index in [1.54, 1.807) is 43.4 Å². The van der Waals surface area contributed by atoms with Gasteiger partial charge in [0.05, 0.1) is 16.4 Å². The van der Waals surface area contributed by atoms with Crippen LogP contribution in [0.1, 0.15) is 0 Å². The molecular formula is C13H12BrClN2O2S. The number of rotatable bonds is 4. The van der Waals surface area contributed by atoms with Gasteiger partial charge in [0.1, 0.15) is 4.90 Å².